The molecule has 2 heteroatoms. The minimum absolute atomic E-state index is 0. The molecule has 0 saturated heterocycles. The molecule has 25 heavy (non-hydrogen) atoms. The Labute approximate surface area is 149 Å². The Morgan fingerprint density at radius 2 is 1.44 bits per heavy atom. The summed E-state index contributed by atoms with van der Waals surface area (Å²) in [7, 11) is 0. The van der Waals surface area contributed by atoms with Gasteiger partial charge in [-0.2, -0.15) is 0 Å². The fraction of sp³-hybridized carbons (Fsp3) is 0.130. The van der Waals surface area contributed by atoms with Crippen LogP contribution in [0.4, 0.5) is 11.4 Å². The lowest BCUT2D eigenvalue weighted by Gasteiger charge is -2.09. The van der Waals surface area contributed by atoms with Gasteiger partial charge in [-0.05, 0) is 60.0 Å². The van der Waals surface area contributed by atoms with Gasteiger partial charge in [-0.25, -0.2) is 0 Å². The summed E-state index contributed by atoms with van der Waals surface area (Å²) in [6.45, 7) is 4.42. The van der Waals surface area contributed by atoms with Crippen LogP contribution in [0, 0.1) is 0 Å². The molecule has 4 rings (SSSR count). The molecule has 1 heterocycles. The largest absolute Gasteiger partial charge is 0.456 e. The van der Waals surface area contributed by atoms with Crippen LogP contribution in [-0.2, 0) is 0 Å². The fourth-order valence-corrected chi connectivity index (χ4v) is 2.96. The third kappa shape index (κ3) is 3.29. The van der Waals surface area contributed by atoms with Crippen LogP contribution < -0.4 is 5.32 Å². The lowest BCUT2D eigenvalue weighted by molar-refractivity contribution is 0.631. The molecule has 0 aliphatic heterocycles. The average Bonchev–Trinajstić information content (AvgIpc) is 3.07. The number of rotatable bonds is 4. The van der Waals surface area contributed by atoms with Crippen LogP contribution >= 0.6 is 0 Å². The topological polar surface area (TPSA) is 25.2 Å². The minimum atomic E-state index is 0. The first-order chi connectivity index (χ1) is 12.2. The predicted molar refractivity (Wildman–Crippen MR) is 108 cm³/mol. The third-order valence-electron chi connectivity index (χ3n) is 4.46. The number of hydrogen-bond donors (Lipinski definition) is 1. The quantitative estimate of drug-likeness (QED) is 0.428. The molecular formula is C23H23NO. The van der Waals surface area contributed by atoms with E-state index in [1.165, 1.54) is 5.56 Å². The molecule has 1 N–H and O–H groups in total. The molecule has 2 nitrogen and oxygen atoms in total. The molecule has 0 amide bonds. The summed E-state index contributed by atoms with van der Waals surface area (Å²) in [6, 6.07) is 27.1. The van der Waals surface area contributed by atoms with Crippen molar-refractivity contribution < 1.29 is 5.84 Å². The average molecular weight is 329 g/mol. The fourth-order valence-electron chi connectivity index (χ4n) is 2.96. The van der Waals surface area contributed by atoms with Crippen molar-refractivity contribution in [1.29, 1.82) is 0 Å². The Morgan fingerprint density at radius 3 is 2.08 bits per heavy atom. The number of anilines is 2. The van der Waals surface area contributed by atoms with E-state index in [1.54, 1.807) is 0 Å². The standard InChI is InChI=1S/C23H21NO.H2/c1-16(2)17-7-11-20(12-8-17)24-21-13-9-18(10-14-21)23-15-19-5-3-4-6-22(19)25-23;/h3-16,24H,1-2H3;1H. The highest BCUT2D eigenvalue weighted by Crippen LogP contribution is 2.29. The van der Waals surface area contributed by atoms with Crippen molar-refractivity contribution in [1.82, 2.24) is 0 Å². The van der Waals surface area contributed by atoms with Crippen LogP contribution in [0.15, 0.2) is 83.3 Å². The molecule has 0 radical (unpaired) electrons. The van der Waals surface area contributed by atoms with Crippen LogP contribution in [0.25, 0.3) is 22.3 Å². The summed E-state index contributed by atoms with van der Waals surface area (Å²) in [6.07, 6.45) is 0. The van der Waals surface area contributed by atoms with Gasteiger partial charge >= 0.3 is 0 Å². The van der Waals surface area contributed by atoms with Gasteiger partial charge in [-0.1, -0.05) is 44.2 Å². The highest BCUT2D eigenvalue weighted by molar-refractivity contribution is 5.83. The van der Waals surface area contributed by atoms with Gasteiger partial charge in [0.2, 0.25) is 0 Å². The molecule has 0 atom stereocenters. The summed E-state index contributed by atoms with van der Waals surface area (Å²) in [5.74, 6) is 1.45. The minimum Gasteiger partial charge on any atom is -0.456 e. The van der Waals surface area contributed by atoms with Crippen molar-refractivity contribution in [2.45, 2.75) is 19.8 Å². The first-order valence-electron chi connectivity index (χ1n) is 8.65. The van der Waals surface area contributed by atoms with Crippen molar-refractivity contribution in [2.24, 2.45) is 0 Å². The number of para-hydroxylation sites is 1. The molecule has 0 spiro atoms. The number of nitrogens with one attached hydrogen (secondary N) is 1. The maximum absolute atomic E-state index is 5.93. The van der Waals surface area contributed by atoms with E-state index in [2.05, 4.69) is 79.8 Å². The highest BCUT2D eigenvalue weighted by Gasteiger charge is 2.06. The Kier molecular flexibility index (Phi) is 4.02. The summed E-state index contributed by atoms with van der Waals surface area (Å²) >= 11 is 0. The van der Waals surface area contributed by atoms with E-state index >= 15 is 0 Å². The van der Waals surface area contributed by atoms with Gasteiger partial charge < -0.3 is 9.73 Å². The second-order valence-electron chi connectivity index (χ2n) is 6.63. The third-order valence-corrected chi connectivity index (χ3v) is 4.46. The van der Waals surface area contributed by atoms with E-state index in [4.69, 9.17) is 4.42 Å². The van der Waals surface area contributed by atoms with Crippen molar-refractivity contribution in [2.75, 3.05) is 5.32 Å². The molecular weight excluding hydrogens is 306 g/mol. The van der Waals surface area contributed by atoms with E-state index in [0.717, 1.165) is 33.7 Å². The normalized spacial score (nSPS) is 11.2. The van der Waals surface area contributed by atoms with Crippen LogP contribution in [0.1, 0.15) is 26.8 Å². The van der Waals surface area contributed by atoms with Crippen LogP contribution in [0.3, 0.4) is 0 Å². The van der Waals surface area contributed by atoms with Gasteiger partial charge in [0, 0.05) is 23.8 Å². The lowest BCUT2D eigenvalue weighted by atomic mass is 10.0. The second-order valence-corrected chi connectivity index (χ2v) is 6.63. The zero-order valence-corrected chi connectivity index (χ0v) is 14.5. The Balaban J connectivity index is 0.00000196. The molecule has 3 aromatic carbocycles. The molecule has 0 aliphatic rings. The molecule has 0 fully saturated rings. The zero-order chi connectivity index (χ0) is 17.2. The Bertz CT molecular complexity index is 952. The smallest absolute Gasteiger partial charge is 0.135 e. The van der Waals surface area contributed by atoms with Crippen molar-refractivity contribution in [3.63, 3.8) is 0 Å². The van der Waals surface area contributed by atoms with Crippen molar-refractivity contribution in [3.8, 4) is 11.3 Å². The monoisotopic (exact) mass is 329 g/mol. The SMILES string of the molecule is CC(C)c1ccc(Nc2ccc(-c3cc4ccccc4o3)cc2)cc1.[HH]. The van der Waals surface area contributed by atoms with Crippen molar-refractivity contribution >= 4 is 22.3 Å². The van der Waals surface area contributed by atoms with Gasteiger partial charge in [0.1, 0.15) is 11.3 Å². The summed E-state index contributed by atoms with van der Waals surface area (Å²) in [5, 5.41) is 4.57. The van der Waals surface area contributed by atoms with Gasteiger partial charge in [0.25, 0.3) is 0 Å². The molecule has 1 aromatic heterocycles. The molecule has 0 bridgehead atoms. The van der Waals surface area contributed by atoms with Crippen LogP contribution in [0.2, 0.25) is 0 Å². The summed E-state index contributed by atoms with van der Waals surface area (Å²) in [5.41, 5.74) is 5.52. The van der Waals surface area contributed by atoms with Crippen LogP contribution in [0.5, 0.6) is 0 Å². The zero-order valence-electron chi connectivity index (χ0n) is 14.5. The predicted octanol–water partition coefficient (Wildman–Crippen LogP) is 7.21. The number of hydrogen-bond acceptors (Lipinski definition) is 2. The number of benzene rings is 3. The summed E-state index contributed by atoms with van der Waals surface area (Å²) < 4.78 is 5.93. The van der Waals surface area contributed by atoms with Gasteiger partial charge in [0.15, 0.2) is 0 Å². The van der Waals surface area contributed by atoms with Gasteiger partial charge in [-0.15, -0.1) is 0 Å². The van der Waals surface area contributed by atoms with E-state index in [9.17, 15) is 0 Å². The molecule has 4 aromatic rings. The first kappa shape index (κ1) is 15.5. The lowest BCUT2D eigenvalue weighted by Crippen LogP contribution is -1.92. The molecule has 126 valence electrons. The van der Waals surface area contributed by atoms with Crippen molar-refractivity contribution in [3.05, 3.63) is 84.4 Å². The van der Waals surface area contributed by atoms with E-state index in [0.29, 0.717) is 5.92 Å². The Hall–Kier alpha value is -3.00. The number of furan rings is 1. The van der Waals surface area contributed by atoms with Gasteiger partial charge in [0.05, 0.1) is 0 Å². The van der Waals surface area contributed by atoms with E-state index in [-0.39, 0.29) is 1.43 Å². The van der Waals surface area contributed by atoms with E-state index in [1.807, 2.05) is 18.2 Å². The maximum atomic E-state index is 5.93. The maximum Gasteiger partial charge on any atom is 0.135 e. The highest BCUT2D eigenvalue weighted by atomic mass is 16.3. The first-order valence-corrected chi connectivity index (χ1v) is 8.65. The Morgan fingerprint density at radius 1 is 0.800 bits per heavy atom. The second kappa shape index (κ2) is 6.48. The molecule has 0 aliphatic carbocycles. The van der Waals surface area contributed by atoms with Crippen LogP contribution in [-0.4, -0.2) is 0 Å². The summed E-state index contributed by atoms with van der Waals surface area (Å²) in [4.78, 5) is 0. The molecule has 0 saturated carbocycles. The van der Waals surface area contributed by atoms with E-state index < -0.39 is 0 Å². The molecule has 0 unspecified atom stereocenters. The van der Waals surface area contributed by atoms with Gasteiger partial charge in [-0.3, -0.25) is 0 Å². The number of fused-ring (bicyclic) bond motifs is 1.